The van der Waals surface area contributed by atoms with Crippen LogP contribution in [0.25, 0.3) is 0 Å². The molecule has 1 aliphatic rings. The molecule has 2 aromatic rings. The molecule has 0 bridgehead atoms. The van der Waals surface area contributed by atoms with Crippen LogP contribution in [0, 0.1) is 13.8 Å². The minimum atomic E-state index is 0.156. The Morgan fingerprint density at radius 3 is 2.31 bits per heavy atom. The van der Waals surface area contributed by atoms with Gasteiger partial charge in [-0.1, -0.05) is 29.3 Å². The Labute approximate surface area is 156 Å². The van der Waals surface area contributed by atoms with E-state index in [1.807, 2.05) is 43.0 Å². The molecule has 0 radical (unpaired) electrons. The molecule has 0 aromatic heterocycles. The first-order valence-electron chi connectivity index (χ1n) is 9.28. The topological polar surface area (TPSA) is 32.8 Å². The summed E-state index contributed by atoms with van der Waals surface area (Å²) < 4.78 is 5.22. The minimum Gasteiger partial charge on any atom is -0.497 e. The Hall–Kier alpha value is -2.33. The molecular formula is C22H28N2O2. The third-order valence-corrected chi connectivity index (χ3v) is 4.91. The number of amides is 1. The molecule has 0 aliphatic carbocycles. The SMILES string of the molecule is COc1ccc(CN2CCCN(C(=O)c3cc(C)cc(C)c3)CC2)cc1. The number of aryl methyl sites for hydroxylation is 2. The van der Waals surface area contributed by atoms with Gasteiger partial charge in [0, 0.05) is 38.3 Å². The Kier molecular flexibility index (Phi) is 5.94. The highest BCUT2D eigenvalue weighted by Gasteiger charge is 2.20. The average molecular weight is 352 g/mol. The van der Waals surface area contributed by atoms with Crippen LogP contribution in [0.15, 0.2) is 42.5 Å². The Morgan fingerprint density at radius 1 is 0.962 bits per heavy atom. The van der Waals surface area contributed by atoms with Crippen LogP contribution in [0.3, 0.4) is 0 Å². The van der Waals surface area contributed by atoms with Gasteiger partial charge < -0.3 is 9.64 Å². The van der Waals surface area contributed by atoms with Crippen molar-refractivity contribution in [2.75, 3.05) is 33.3 Å². The summed E-state index contributed by atoms with van der Waals surface area (Å²) in [5, 5.41) is 0. The molecule has 1 heterocycles. The van der Waals surface area contributed by atoms with E-state index >= 15 is 0 Å². The van der Waals surface area contributed by atoms with Gasteiger partial charge >= 0.3 is 0 Å². The van der Waals surface area contributed by atoms with Gasteiger partial charge in [0.1, 0.15) is 5.75 Å². The molecule has 1 aliphatic heterocycles. The number of carbonyl (C=O) groups excluding carboxylic acids is 1. The zero-order chi connectivity index (χ0) is 18.5. The van der Waals surface area contributed by atoms with Crippen molar-refractivity contribution in [2.24, 2.45) is 0 Å². The molecule has 0 unspecified atom stereocenters. The quantitative estimate of drug-likeness (QED) is 0.842. The number of methoxy groups -OCH3 is 1. The number of rotatable bonds is 4. The van der Waals surface area contributed by atoms with Crippen LogP contribution in [-0.4, -0.2) is 49.0 Å². The molecule has 1 fully saturated rings. The lowest BCUT2D eigenvalue weighted by Crippen LogP contribution is -2.35. The van der Waals surface area contributed by atoms with E-state index < -0.39 is 0 Å². The van der Waals surface area contributed by atoms with Crippen LogP contribution in [0.5, 0.6) is 5.75 Å². The second-order valence-corrected chi connectivity index (χ2v) is 7.15. The molecule has 0 atom stereocenters. The van der Waals surface area contributed by atoms with E-state index in [0.717, 1.165) is 61.6 Å². The van der Waals surface area contributed by atoms with Crippen LogP contribution in [0.4, 0.5) is 0 Å². The van der Waals surface area contributed by atoms with Gasteiger partial charge in [0.25, 0.3) is 5.91 Å². The first-order chi connectivity index (χ1) is 12.5. The molecule has 1 amide bonds. The molecule has 4 nitrogen and oxygen atoms in total. The predicted molar refractivity (Wildman–Crippen MR) is 105 cm³/mol. The molecule has 0 saturated carbocycles. The lowest BCUT2D eigenvalue weighted by molar-refractivity contribution is 0.0761. The lowest BCUT2D eigenvalue weighted by Gasteiger charge is -2.22. The monoisotopic (exact) mass is 352 g/mol. The zero-order valence-corrected chi connectivity index (χ0v) is 16.0. The van der Waals surface area contributed by atoms with Crippen molar-refractivity contribution >= 4 is 5.91 Å². The van der Waals surface area contributed by atoms with Gasteiger partial charge in [-0.05, 0) is 50.1 Å². The molecule has 26 heavy (non-hydrogen) atoms. The van der Waals surface area contributed by atoms with Crippen LogP contribution in [0.2, 0.25) is 0 Å². The largest absolute Gasteiger partial charge is 0.497 e. The fourth-order valence-corrected chi connectivity index (χ4v) is 3.60. The van der Waals surface area contributed by atoms with E-state index in [-0.39, 0.29) is 5.91 Å². The van der Waals surface area contributed by atoms with Crippen LogP contribution in [-0.2, 0) is 6.54 Å². The average Bonchev–Trinajstić information content (AvgIpc) is 2.86. The summed E-state index contributed by atoms with van der Waals surface area (Å²) in [5.74, 6) is 1.04. The normalized spacial score (nSPS) is 15.6. The fourth-order valence-electron chi connectivity index (χ4n) is 3.60. The van der Waals surface area contributed by atoms with Gasteiger partial charge in [-0.3, -0.25) is 9.69 Å². The van der Waals surface area contributed by atoms with Crippen molar-refractivity contribution in [3.63, 3.8) is 0 Å². The molecule has 3 rings (SSSR count). The zero-order valence-electron chi connectivity index (χ0n) is 16.0. The van der Waals surface area contributed by atoms with Gasteiger partial charge in [-0.15, -0.1) is 0 Å². The van der Waals surface area contributed by atoms with E-state index in [1.165, 1.54) is 5.56 Å². The van der Waals surface area contributed by atoms with Crippen molar-refractivity contribution in [1.29, 1.82) is 0 Å². The summed E-state index contributed by atoms with van der Waals surface area (Å²) in [6, 6.07) is 14.3. The third kappa shape index (κ3) is 4.64. The van der Waals surface area contributed by atoms with Gasteiger partial charge in [0.15, 0.2) is 0 Å². The Bertz CT molecular complexity index is 735. The van der Waals surface area contributed by atoms with Crippen molar-refractivity contribution < 1.29 is 9.53 Å². The summed E-state index contributed by atoms with van der Waals surface area (Å²) in [7, 11) is 1.69. The van der Waals surface area contributed by atoms with Gasteiger partial charge in [-0.25, -0.2) is 0 Å². The van der Waals surface area contributed by atoms with Gasteiger partial charge in [0.05, 0.1) is 7.11 Å². The highest BCUT2D eigenvalue weighted by Crippen LogP contribution is 2.16. The highest BCUT2D eigenvalue weighted by atomic mass is 16.5. The smallest absolute Gasteiger partial charge is 0.253 e. The maximum absolute atomic E-state index is 12.9. The first kappa shape index (κ1) is 18.5. The maximum atomic E-state index is 12.9. The second kappa shape index (κ2) is 8.37. The summed E-state index contributed by atoms with van der Waals surface area (Å²) in [4.78, 5) is 17.3. The molecule has 1 saturated heterocycles. The van der Waals surface area contributed by atoms with Crippen LogP contribution < -0.4 is 4.74 Å². The summed E-state index contributed by atoms with van der Waals surface area (Å²) in [6.45, 7) is 8.53. The van der Waals surface area contributed by atoms with Crippen LogP contribution in [0.1, 0.15) is 33.5 Å². The summed E-state index contributed by atoms with van der Waals surface area (Å²) in [6.07, 6.45) is 1.01. The van der Waals surface area contributed by atoms with E-state index in [0.29, 0.717) is 0 Å². The Morgan fingerprint density at radius 2 is 1.65 bits per heavy atom. The highest BCUT2D eigenvalue weighted by molar-refractivity contribution is 5.94. The minimum absolute atomic E-state index is 0.156. The van der Waals surface area contributed by atoms with Crippen molar-refractivity contribution in [3.8, 4) is 5.75 Å². The van der Waals surface area contributed by atoms with Gasteiger partial charge in [0.2, 0.25) is 0 Å². The van der Waals surface area contributed by atoms with Crippen molar-refractivity contribution in [1.82, 2.24) is 9.80 Å². The number of hydrogen-bond donors (Lipinski definition) is 0. The van der Waals surface area contributed by atoms with E-state index in [9.17, 15) is 4.79 Å². The molecular weight excluding hydrogens is 324 g/mol. The summed E-state index contributed by atoms with van der Waals surface area (Å²) >= 11 is 0. The molecule has 138 valence electrons. The van der Waals surface area contributed by atoms with Gasteiger partial charge in [-0.2, -0.15) is 0 Å². The lowest BCUT2D eigenvalue weighted by atomic mass is 10.1. The van der Waals surface area contributed by atoms with Crippen molar-refractivity contribution in [3.05, 3.63) is 64.7 Å². The fraction of sp³-hybridized carbons (Fsp3) is 0.409. The standard InChI is InChI=1S/C22H28N2O2/c1-17-13-18(2)15-20(14-17)22(25)24-10-4-9-23(11-12-24)16-19-5-7-21(26-3)8-6-19/h5-8,13-15H,4,9-12,16H2,1-3H3. The molecule has 0 N–H and O–H groups in total. The number of benzene rings is 2. The third-order valence-electron chi connectivity index (χ3n) is 4.91. The van der Waals surface area contributed by atoms with E-state index in [4.69, 9.17) is 4.74 Å². The summed E-state index contributed by atoms with van der Waals surface area (Å²) in [5.41, 5.74) is 4.37. The molecule has 2 aromatic carbocycles. The van der Waals surface area contributed by atoms with E-state index in [1.54, 1.807) is 7.11 Å². The number of hydrogen-bond acceptors (Lipinski definition) is 3. The Balaban J connectivity index is 1.61. The maximum Gasteiger partial charge on any atom is 0.253 e. The van der Waals surface area contributed by atoms with Crippen LogP contribution >= 0.6 is 0 Å². The van der Waals surface area contributed by atoms with E-state index in [2.05, 4.69) is 23.1 Å². The molecule has 0 spiro atoms. The second-order valence-electron chi connectivity index (χ2n) is 7.15. The number of carbonyl (C=O) groups is 1. The number of nitrogens with zero attached hydrogens (tertiary/aromatic N) is 2. The first-order valence-corrected chi connectivity index (χ1v) is 9.28. The predicted octanol–water partition coefficient (Wildman–Crippen LogP) is 3.66. The van der Waals surface area contributed by atoms with Crippen molar-refractivity contribution in [2.45, 2.75) is 26.8 Å². The number of ether oxygens (including phenoxy) is 1. The molecule has 4 heteroatoms.